The van der Waals surface area contributed by atoms with Gasteiger partial charge >= 0.3 is 12.3 Å². The third kappa shape index (κ3) is 5.33. The molecule has 1 aliphatic heterocycles. The molecule has 0 aromatic heterocycles. The van der Waals surface area contributed by atoms with Crippen LogP contribution in [0.1, 0.15) is 0 Å². The standard InChI is InChI=1S/C9H14F3NO4/c1-15-8(14)7-6-13(2-4-16-7)3-5-17-9(10,11)12/h7H,2-6H2,1H3. The first-order chi connectivity index (χ1) is 7.92. The average molecular weight is 257 g/mol. The van der Waals surface area contributed by atoms with E-state index in [2.05, 4.69) is 9.47 Å². The summed E-state index contributed by atoms with van der Waals surface area (Å²) in [4.78, 5) is 12.8. The van der Waals surface area contributed by atoms with Crippen molar-refractivity contribution in [2.45, 2.75) is 12.5 Å². The molecule has 1 rings (SSSR count). The van der Waals surface area contributed by atoms with Crippen LogP contribution in [0.15, 0.2) is 0 Å². The summed E-state index contributed by atoms with van der Waals surface area (Å²) in [6.07, 6.45) is -5.35. The van der Waals surface area contributed by atoms with Gasteiger partial charge in [-0.15, -0.1) is 13.2 Å². The molecule has 0 N–H and O–H groups in total. The van der Waals surface area contributed by atoms with Gasteiger partial charge in [-0.3, -0.25) is 9.64 Å². The van der Waals surface area contributed by atoms with E-state index in [0.717, 1.165) is 0 Å². The second-order valence-electron chi connectivity index (χ2n) is 3.48. The van der Waals surface area contributed by atoms with Crippen molar-refractivity contribution in [3.05, 3.63) is 0 Å². The van der Waals surface area contributed by atoms with E-state index < -0.39 is 25.0 Å². The van der Waals surface area contributed by atoms with E-state index in [4.69, 9.17) is 4.74 Å². The topological polar surface area (TPSA) is 48.0 Å². The number of hydrogen-bond donors (Lipinski definition) is 0. The molecule has 1 fully saturated rings. The monoisotopic (exact) mass is 257 g/mol. The number of halogens is 3. The molecule has 100 valence electrons. The van der Waals surface area contributed by atoms with Crippen molar-refractivity contribution < 1.29 is 32.2 Å². The number of methoxy groups -OCH3 is 1. The Balaban J connectivity index is 2.28. The van der Waals surface area contributed by atoms with E-state index in [1.165, 1.54) is 7.11 Å². The zero-order valence-electron chi connectivity index (χ0n) is 9.33. The lowest BCUT2D eigenvalue weighted by Crippen LogP contribution is -2.47. The summed E-state index contributed by atoms with van der Waals surface area (Å²) >= 11 is 0. The summed E-state index contributed by atoms with van der Waals surface area (Å²) in [5, 5.41) is 0. The molecular formula is C9H14F3NO4. The van der Waals surface area contributed by atoms with Gasteiger partial charge in [-0.25, -0.2) is 4.79 Å². The number of carbonyl (C=O) groups is 1. The molecule has 8 heteroatoms. The fourth-order valence-corrected chi connectivity index (χ4v) is 1.47. The van der Waals surface area contributed by atoms with Crippen molar-refractivity contribution >= 4 is 5.97 Å². The van der Waals surface area contributed by atoms with Crippen LogP contribution in [0.5, 0.6) is 0 Å². The van der Waals surface area contributed by atoms with Gasteiger partial charge < -0.3 is 9.47 Å². The molecule has 0 saturated carbocycles. The van der Waals surface area contributed by atoms with Gasteiger partial charge in [0.2, 0.25) is 0 Å². The van der Waals surface area contributed by atoms with Gasteiger partial charge in [-0.1, -0.05) is 0 Å². The summed E-state index contributed by atoms with van der Waals surface area (Å²) in [6.45, 7) is 0.599. The Morgan fingerprint density at radius 3 is 2.82 bits per heavy atom. The highest BCUT2D eigenvalue weighted by Crippen LogP contribution is 2.16. The van der Waals surface area contributed by atoms with Crippen LogP contribution in [-0.2, 0) is 19.0 Å². The van der Waals surface area contributed by atoms with Crippen LogP contribution in [0, 0.1) is 0 Å². The fourth-order valence-electron chi connectivity index (χ4n) is 1.47. The molecule has 1 saturated heterocycles. The van der Waals surface area contributed by atoms with Gasteiger partial charge in [0.1, 0.15) is 0 Å². The molecule has 0 aliphatic carbocycles. The molecule has 1 aliphatic rings. The molecule has 0 aromatic carbocycles. The third-order valence-corrected chi connectivity index (χ3v) is 2.29. The van der Waals surface area contributed by atoms with Crippen molar-refractivity contribution in [3.63, 3.8) is 0 Å². The lowest BCUT2D eigenvalue weighted by Gasteiger charge is -2.31. The maximum Gasteiger partial charge on any atom is 0.522 e. The minimum atomic E-state index is -4.62. The highest BCUT2D eigenvalue weighted by Gasteiger charge is 2.30. The Bertz CT molecular complexity index is 259. The molecule has 1 atom stereocenters. The highest BCUT2D eigenvalue weighted by atomic mass is 19.4. The third-order valence-electron chi connectivity index (χ3n) is 2.29. The van der Waals surface area contributed by atoms with E-state index in [1.807, 2.05) is 0 Å². The fraction of sp³-hybridized carbons (Fsp3) is 0.889. The van der Waals surface area contributed by atoms with Gasteiger partial charge in [-0.05, 0) is 0 Å². The normalized spacial score (nSPS) is 22.5. The molecule has 0 bridgehead atoms. The van der Waals surface area contributed by atoms with Crippen LogP contribution < -0.4 is 0 Å². The predicted molar refractivity (Wildman–Crippen MR) is 50.2 cm³/mol. The maximum atomic E-state index is 11.7. The molecule has 0 amide bonds. The van der Waals surface area contributed by atoms with Gasteiger partial charge in [0.25, 0.3) is 0 Å². The van der Waals surface area contributed by atoms with Gasteiger partial charge in [0, 0.05) is 19.6 Å². The Morgan fingerprint density at radius 1 is 1.53 bits per heavy atom. The van der Waals surface area contributed by atoms with E-state index in [0.29, 0.717) is 6.54 Å². The summed E-state index contributed by atoms with van der Waals surface area (Å²) in [5.41, 5.74) is 0. The lowest BCUT2D eigenvalue weighted by atomic mass is 10.3. The number of ether oxygens (including phenoxy) is 3. The Morgan fingerprint density at radius 2 is 2.24 bits per heavy atom. The molecule has 17 heavy (non-hydrogen) atoms. The largest absolute Gasteiger partial charge is 0.522 e. The summed E-state index contributed by atoms with van der Waals surface area (Å²) in [7, 11) is 1.23. The smallest absolute Gasteiger partial charge is 0.467 e. The second-order valence-corrected chi connectivity index (χ2v) is 3.48. The van der Waals surface area contributed by atoms with Crippen LogP contribution in [0.2, 0.25) is 0 Å². The molecule has 1 unspecified atom stereocenters. The van der Waals surface area contributed by atoms with Crippen molar-refractivity contribution in [2.24, 2.45) is 0 Å². The lowest BCUT2D eigenvalue weighted by molar-refractivity contribution is -0.325. The van der Waals surface area contributed by atoms with Crippen molar-refractivity contribution in [1.29, 1.82) is 0 Å². The molecule has 0 radical (unpaired) electrons. The predicted octanol–water partition coefficient (Wildman–Crippen LogP) is 0.397. The first-order valence-corrected chi connectivity index (χ1v) is 5.05. The van der Waals surface area contributed by atoms with Crippen molar-refractivity contribution in [2.75, 3.05) is 40.0 Å². The van der Waals surface area contributed by atoms with E-state index >= 15 is 0 Å². The van der Waals surface area contributed by atoms with Crippen molar-refractivity contribution in [1.82, 2.24) is 4.90 Å². The second kappa shape index (κ2) is 6.18. The minimum Gasteiger partial charge on any atom is -0.467 e. The average Bonchev–Trinajstić information content (AvgIpc) is 2.27. The molecule has 1 heterocycles. The first-order valence-electron chi connectivity index (χ1n) is 5.05. The first kappa shape index (κ1) is 14.2. The van der Waals surface area contributed by atoms with Gasteiger partial charge in [0.05, 0.1) is 20.3 Å². The van der Waals surface area contributed by atoms with Gasteiger partial charge in [-0.2, -0.15) is 0 Å². The number of morpholine rings is 1. The zero-order chi connectivity index (χ0) is 12.9. The van der Waals surface area contributed by atoms with E-state index in [1.54, 1.807) is 4.90 Å². The van der Waals surface area contributed by atoms with Crippen LogP contribution >= 0.6 is 0 Å². The summed E-state index contributed by atoms with van der Waals surface area (Å²) in [5.74, 6) is -0.522. The molecule has 5 nitrogen and oxygen atoms in total. The van der Waals surface area contributed by atoms with Crippen LogP contribution in [-0.4, -0.2) is 63.3 Å². The Labute approximate surface area is 96.4 Å². The van der Waals surface area contributed by atoms with Crippen LogP contribution in [0.3, 0.4) is 0 Å². The van der Waals surface area contributed by atoms with E-state index in [-0.39, 0.29) is 19.7 Å². The SMILES string of the molecule is COC(=O)C1CN(CCOC(F)(F)F)CCO1. The Kier molecular flexibility index (Phi) is 5.16. The number of esters is 1. The number of nitrogens with zero attached hydrogens (tertiary/aromatic N) is 1. The van der Waals surface area contributed by atoms with E-state index in [9.17, 15) is 18.0 Å². The summed E-state index contributed by atoms with van der Waals surface area (Å²) < 4.78 is 48.5. The van der Waals surface area contributed by atoms with Crippen molar-refractivity contribution in [3.8, 4) is 0 Å². The quantitative estimate of drug-likeness (QED) is 0.682. The summed E-state index contributed by atoms with van der Waals surface area (Å²) in [6, 6.07) is 0. The molecule has 0 aromatic rings. The van der Waals surface area contributed by atoms with Gasteiger partial charge in [0.15, 0.2) is 6.10 Å². The van der Waals surface area contributed by atoms with Crippen LogP contribution in [0.25, 0.3) is 0 Å². The Hall–Kier alpha value is -0.860. The molecular weight excluding hydrogens is 243 g/mol. The highest BCUT2D eigenvalue weighted by molar-refractivity contribution is 5.74. The number of hydrogen-bond acceptors (Lipinski definition) is 5. The zero-order valence-corrected chi connectivity index (χ0v) is 9.33. The number of carbonyl (C=O) groups excluding carboxylic acids is 1. The van der Waals surface area contributed by atoms with Crippen LogP contribution in [0.4, 0.5) is 13.2 Å². The molecule has 0 spiro atoms. The maximum absolute atomic E-state index is 11.7. The minimum absolute atomic E-state index is 0.0936. The number of rotatable bonds is 4. The number of alkyl halides is 3.